The Kier molecular flexibility index (Phi) is 7.66. The molecule has 0 aliphatic heterocycles. The number of hydrogen-bond acceptors (Lipinski definition) is 5. The van der Waals surface area contributed by atoms with E-state index in [4.69, 9.17) is 4.52 Å². The van der Waals surface area contributed by atoms with Crippen molar-refractivity contribution in [2.24, 2.45) is 4.99 Å². The van der Waals surface area contributed by atoms with Crippen molar-refractivity contribution in [3.8, 4) is 0 Å². The topological polar surface area (TPSA) is 82.7 Å². The average Bonchev–Trinajstić information content (AvgIpc) is 3.26. The summed E-state index contributed by atoms with van der Waals surface area (Å²) >= 11 is 1.61. The van der Waals surface area contributed by atoms with E-state index in [0.29, 0.717) is 19.0 Å². The van der Waals surface area contributed by atoms with Gasteiger partial charge in [0.2, 0.25) is 0 Å². The minimum atomic E-state index is -0.585. The molecule has 3 N–H and O–H groups in total. The molecule has 1 unspecified atom stereocenters. The van der Waals surface area contributed by atoms with Crippen LogP contribution in [0.3, 0.4) is 0 Å². The molecule has 0 spiro atoms. The van der Waals surface area contributed by atoms with E-state index in [1.807, 2.05) is 25.1 Å². The molecule has 3 rings (SSSR count). The predicted octanol–water partition coefficient (Wildman–Crippen LogP) is 3.30. The number of halogens is 1. The van der Waals surface area contributed by atoms with Gasteiger partial charge < -0.3 is 20.3 Å². The van der Waals surface area contributed by atoms with Gasteiger partial charge in [-0.3, -0.25) is 0 Å². The molecule has 2 aromatic heterocycles. The first-order valence-corrected chi connectivity index (χ1v) is 8.66. The highest BCUT2D eigenvalue weighted by molar-refractivity contribution is 14.0. The fourth-order valence-electron chi connectivity index (χ4n) is 2.28. The monoisotopic (exact) mass is 472 g/mol. The third-order valence-electron chi connectivity index (χ3n) is 3.47. The number of aliphatic hydroxyl groups excluding tert-OH is 1. The average molecular weight is 472 g/mol. The molecule has 0 aliphatic carbocycles. The molecule has 1 aromatic carbocycles. The van der Waals surface area contributed by atoms with E-state index in [1.54, 1.807) is 17.4 Å². The zero-order valence-corrected chi connectivity index (χ0v) is 17.0. The van der Waals surface area contributed by atoms with Gasteiger partial charge >= 0.3 is 0 Å². The number of fused-ring (bicyclic) bond motifs is 1. The minimum absolute atomic E-state index is 0. The predicted molar refractivity (Wildman–Crippen MR) is 112 cm³/mol. The van der Waals surface area contributed by atoms with Gasteiger partial charge in [0.05, 0.1) is 6.54 Å². The normalized spacial score (nSPS) is 12.6. The van der Waals surface area contributed by atoms with Crippen molar-refractivity contribution in [3.05, 3.63) is 53.2 Å². The highest BCUT2D eigenvalue weighted by Crippen LogP contribution is 2.29. The highest BCUT2D eigenvalue weighted by Gasteiger charge is 2.12. The zero-order chi connectivity index (χ0) is 16.8. The van der Waals surface area contributed by atoms with Crippen LogP contribution in [0.1, 0.15) is 23.6 Å². The van der Waals surface area contributed by atoms with Gasteiger partial charge in [0, 0.05) is 28.7 Å². The highest BCUT2D eigenvalue weighted by atomic mass is 127. The van der Waals surface area contributed by atoms with Gasteiger partial charge in [-0.25, -0.2) is 4.99 Å². The van der Waals surface area contributed by atoms with Crippen LogP contribution in [0.2, 0.25) is 0 Å². The Balaban J connectivity index is 0.00000225. The minimum Gasteiger partial charge on any atom is -0.386 e. The third kappa shape index (κ3) is 5.41. The van der Waals surface area contributed by atoms with E-state index in [2.05, 4.69) is 32.9 Å². The molecule has 6 nitrogen and oxygen atoms in total. The molecule has 0 bridgehead atoms. The number of guanidine groups is 1. The molecule has 0 saturated heterocycles. The van der Waals surface area contributed by atoms with Crippen LogP contribution in [-0.2, 0) is 6.54 Å². The van der Waals surface area contributed by atoms with Crippen LogP contribution in [0, 0.1) is 0 Å². The Bertz CT molecular complexity index is 771. The molecule has 0 amide bonds. The van der Waals surface area contributed by atoms with Crippen molar-refractivity contribution < 1.29 is 9.63 Å². The van der Waals surface area contributed by atoms with Crippen molar-refractivity contribution in [2.45, 2.75) is 19.6 Å². The lowest BCUT2D eigenvalue weighted by atomic mass is 10.2. The van der Waals surface area contributed by atoms with Crippen LogP contribution >= 0.6 is 35.3 Å². The standard InChI is InChI=1S/C17H20N4O2S.HI/c1-2-18-17(19-10-13-7-8-23-21-13)20-11-14(22)16-9-12-5-3-4-6-15(12)24-16;/h3-9,14,22H,2,10-11H2,1H3,(H2,18,19,20);1H. The number of aromatic nitrogens is 1. The Morgan fingerprint density at radius 3 is 2.88 bits per heavy atom. The van der Waals surface area contributed by atoms with E-state index in [0.717, 1.165) is 22.5 Å². The number of nitrogens with zero attached hydrogens (tertiary/aromatic N) is 2. The lowest BCUT2D eigenvalue weighted by Gasteiger charge is -2.14. The van der Waals surface area contributed by atoms with Crippen molar-refractivity contribution >= 4 is 51.4 Å². The number of hydrogen-bond donors (Lipinski definition) is 3. The van der Waals surface area contributed by atoms with Gasteiger partial charge in [-0.15, -0.1) is 35.3 Å². The molecule has 1 atom stereocenters. The molecule has 134 valence electrons. The lowest BCUT2D eigenvalue weighted by Crippen LogP contribution is -2.39. The van der Waals surface area contributed by atoms with Crippen LogP contribution in [0.4, 0.5) is 0 Å². The molecule has 0 radical (unpaired) electrons. The van der Waals surface area contributed by atoms with Crippen molar-refractivity contribution in [2.75, 3.05) is 13.1 Å². The fraction of sp³-hybridized carbons (Fsp3) is 0.294. The Morgan fingerprint density at radius 2 is 2.16 bits per heavy atom. The Hall–Kier alpha value is -1.65. The number of rotatable bonds is 6. The first-order chi connectivity index (χ1) is 11.8. The number of thiophene rings is 1. The first-order valence-electron chi connectivity index (χ1n) is 7.84. The van der Waals surface area contributed by atoms with Gasteiger partial charge in [-0.2, -0.15) is 0 Å². The molecule has 0 saturated carbocycles. The molecule has 3 aromatic rings. The Morgan fingerprint density at radius 1 is 1.32 bits per heavy atom. The summed E-state index contributed by atoms with van der Waals surface area (Å²) in [6, 6.07) is 11.9. The quantitative estimate of drug-likeness (QED) is 0.292. The Labute approximate surface area is 167 Å². The molecule has 8 heteroatoms. The van der Waals surface area contributed by atoms with Gasteiger partial charge in [0.1, 0.15) is 18.1 Å². The largest absolute Gasteiger partial charge is 0.386 e. The van der Waals surface area contributed by atoms with Crippen molar-refractivity contribution in [1.29, 1.82) is 0 Å². The van der Waals surface area contributed by atoms with Crippen LogP contribution in [0.15, 0.2) is 52.2 Å². The second-order valence-electron chi connectivity index (χ2n) is 5.27. The number of aliphatic imine (C=N–C) groups is 1. The molecule has 0 fully saturated rings. The van der Waals surface area contributed by atoms with Crippen LogP contribution in [0.5, 0.6) is 0 Å². The van der Waals surface area contributed by atoms with Gasteiger partial charge in [0.15, 0.2) is 5.96 Å². The van der Waals surface area contributed by atoms with Crippen LogP contribution in [-0.4, -0.2) is 29.3 Å². The van der Waals surface area contributed by atoms with Crippen molar-refractivity contribution in [3.63, 3.8) is 0 Å². The number of benzene rings is 1. The first kappa shape index (κ1) is 19.7. The summed E-state index contributed by atoms with van der Waals surface area (Å²) in [6.07, 6.45) is 0.939. The fourth-order valence-corrected chi connectivity index (χ4v) is 3.33. The summed E-state index contributed by atoms with van der Waals surface area (Å²) in [7, 11) is 0. The molecular formula is C17H21IN4O2S. The summed E-state index contributed by atoms with van der Waals surface area (Å²) in [5, 5.41) is 21.7. The third-order valence-corrected chi connectivity index (χ3v) is 4.69. The summed E-state index contributed by atoms with van der Waals surface area (Å²) < 4.78 is 5.97. The molecule has 2 heterocycles. The maximum absolute atomic E-state index is 10.4. The van der Waals surface area contributed by atoms with Crippen molar-refractivity contribution in [1.82, 2.24) is 15.8 Å². The van der Waals surface area contributed by atoms with Crippen LogP contribution < -0.4 is 10.6 Å². The summed E-state index contributed by atoms with van der Waals surface area (Å²) in [4.78, 5) is 5.37. The maximum Gasteiger partial charge on any atom is 0.191 e. The van der Waals surface area contributed by atoms with E-state index in [1.165, 1.54) is 11.0 Å². The van der Waals surface area contributed by atoms with Crippen LogP contribution in [0.25, 0.3) is 10.1 Å². The second kappa shape index (κ2) is 9.73. The smallest absolute Gasteiger partial charge is 0.191 e. The number of aliphatic hydroxyl groups is 1. The SMILES string of the molecule is CCNC(=NCc1ccon1)NCC(O)c1cc2ccccc2s1.I. The van der Waals surface area contributed by atoms with E-state index < -0.39 is 6.10 Å². The number of nitrogens with one attached hydrogen (secondary N) is 2. The maximum atomic E-state index is 10.4. The summed E-state index contributed by atoms with van der Waals surface area (Å²) in [5.41, 5.74) is 0.761. The lowest BCUT2D eigenvalue weighted by molar-refractivity contribution is 0.184. The zero-order valence-electron chi connectivity index (χ0n) is 13.8. The van der Waals surface area contributed by atoms with Gasteiger partial charge in [-0.05, 0) is 24.4 Å². The van der Waals surface area contributed by atoms with E-state index in [9.17, 15) is 5.11 Å². The van der Waals surface area contributed by atoms with Gasteiger partial charge in [0.25, 0.3) is 0 Å². The molecule has 0 aliphatic rings. The van der Waals surface area contributed by atoms with Gasteiger partial charge in [-0.1, -0.05) is 23.4 Å². The van der Waals surface area contributed by atoms with E-state index >= 15 is 0 Å². The summed E-state index contributed by atoms with van der Waals surface area (Å²) in [5.74, 6) is 0.640. The van der Waals surface area contributed by atoms with E-state index in [-0.39, 0.29) is 24.0 Å². The molecular weight excluding hydrogens is 451 g/mol. The second-order valence-corrected chi connectivity index (χ2v) is 6.38. The summed E-state index contributed by atoms with van der Waals surface area (Å²) in [6.45, 7) is 3.54. The molecule has 25 heavy (non-hydrogen) atoms.